The van der Waals surface area contributed by atoms with Gasteiger partial charge in [-0.2, -0.15) is 5.10 Å². The average molecular weight is 223 g/mol. The third-order valence-corrected chi connectivity index (χ3v) is 3.11. The maximum atomic E-state index is 4.35. The molecule has 0 spiro atoms. The maximum Gasteiger partial charge on any atom is 0.0638 e. The molecule has 0 aliphatic heterocycles. The van der Waals surface area contributed by atoms with Gasteiger partial charge in [0.05, 0.1) is 5.69 Å². The van der Waals surface area contributed by atoms with Gasteiger partial charge in [0.25, 0.3) is 0 Å². The van der Waals surface area contributed by atoms with E-state index in [-0.39, 0.29) is 0 Å². The Kier molecular flexibility index (Phi) is 4.14. The van der Waals surface area contributed by atoms with Crippen LogP contribution in [-0.4, -0.2) is 15.8 Å². The molecule has 3 nitrogen and oxygen atoms in total. The monoisotopic (exact) mass is 223 g/mol. The van der Waals surface area contributed by atoms with Crippen LogP contribution >= 0.6 is 0 Å². The molecule has 16 heavy (non-hydrogen) atoms. The van der Waals surface area contributed by atoms with Crippen molar-refractivity contribution in [2.24, 2.45) is 12.5 Å². The maximum absolute atomic E-state index is 4.35. The summed E-state index contributed by atoms with van der Waals surface area (Å²) in [6.45, 7) is 12.1. The minimum Gasteiger partial charge on any atom is -0.309 e. The van der Waals surface area contributed by atoms with E-state index in [1.165, 1.54) is 5.56 Å². The zero-order valence-corrected chi connectivity index (χ0v) is 11.5. The smallest absolute Gasteiger partial charge is 0.0638 e. The second-order valence-electron chi connectivity index (χ2n) is 5.62. The van der Waals surface area contributed by atoms with Crippen molar-refractivity contribution in [1.29, 1.82) is 0 Å². The van der Waals surface area contributed by atoms with Crippen molar-refractivity contribution < 1.29 is 0 Å². The van der Waals surface area contributed by atoms with Gasteiger partial charge in [-0.05, 0) is 18.8 Å². The summed E-state index contributed by atoms with van der Waals surface area (Å²) in [5.41, 5.74) is 2.73. The number of hydrogen-bond acceptors (Lipinski definition) is 2. The lowest BCUT2D eigenvalue weighted by Crippen LogP contribution is -2.39. The van der Waals surface area contributed by atoms with Crippen LogP contribution < -0.4 is 5.32 Å². The molecule has 92 valence electrons. The number of nitrogens with one attached hydrogen (secondary N) is 1. The molecule has 0 bridgehead atoms. The van der Waals surface area contributed by atoms with Crippen LogP contribution in [0.4, 0.5) is 0 Å². The largest absolute Gasteiger partial charge is 0.309 e. The summed E-state index contributed by atoms with van der Waals surface area (Å²) in [5.74, 6) is 0. The Labute approximate surface area is 99.2 Å². The lowest BCUT2D eigenvalue weighted by molar-refractivity contribution is 0.259. The molecule has 1 rings (SSSR count). The number of aromatic nitrogens is 2. The van der Waals surface area contributed by atoms with E-state index in [9.17, 15) is 0 Å². The van der Waals surface area contributed by atoms with Gasteiger partial charge >= 0.3 is 0 Å². The van der Waals surface area contributed by atoms with E-state index in [1.54, 1.807) is 0 Å². The van der Waals surface area contributed by atoms with Crippen LogP contribution in [0.15, 0.2) is 6.20 Å². The van der Waals surface area contributed by atoms with Gasteiger partial charge in [0.2, 0.25) is 0 Å². The average Bonchev–Trinajstić information content (AvgIpc) is 2.44. The van der Waals surface area contributed by atoms with Gasteiger partial charge in [0.1, 0.15) is 0 Å². The molecule has 1 aromatic rings. The van der Waals surface area contributed by atoms with Crippen LogP contribution in [-0.2, 0) is 13.6 Å². The molecule has 1 unspecified atom stereocenters. The summed E-state index contributed by atoms with van der Waals surface area (Å²) in [6, 6.07) is 0.548. The molecular formula is C13H25N3. The molecular weight excluding hydrogens is 198 g/mol. The standard InChI is InChI=1S/C13H25N3/c1-7-12(13(3,4)5)14-8-11-9-16(6)15-10(11)2/h9,12,14H,7-8H2,1-6H3. The first-order valence-corrected chi connectivity index (χ1v) is 6.07. The highest BCUT2D eigenvalue weighted by Gasteiger charge is 2.22. The molecule has 0 aromatic carbocycles. The topological polar surface area (TPSA) is 29.9 Å². The van der Waals surface area contributed by atoms with Gasteiger partial charge < -0.3 is 5.32 Å². The van der Waals surface area contributed by atoms with E-state index < -0.39 is 0 Å². The van der Waals surface area contributed by atoms with Gasteiger partial charge in [-0.1, -0.05) is 27.7 Å². The Bertz CT molecular complexity index is 333. The van der Waals surface area contributed by atoms with E-state index >= 15 is 0 Å². The van der Waals surface area contributed by atoms with Crippen LogP contribution in [0.2, 0.25) is 0 Å². The first-order valence-electron chi connectivity index (χ1n) is 6.07. The summed E-state index contributed by atoms with van der Waals surface area (Å²) < 4.78 is 1.88. The summed E-state index contributed by atoms with van der Waals surface area (Å²) in [4.78, 5) is 0. The van der Waals surface area contributed by atoms with Gasteiger partial charge in [-0.15, -0.1) is 0 Å². The Morgan fingerprint density at radius 2 is 2.06 bits per heavy atom. The third kappa shape index (κ3) is 3.34. The van der Waals surface area contributed by atoms with Crippen LogP contribution in [0, 0.1) is 12.3 Å². The molecule has 0 saturated heterocycles. The zero-order valence-electron chi connectivity index (χ0n) is 11.5. The number of nitrogens with zero attached hydrogens (tertiary/aromatic N) is 2. The highest BCUT2D eigenvalue weighted by Crippen LogP contribution is 2.22. The fourth-order valence-electron chi connectivity index (χ4n) is 2.12. The molecule has 0 aliphatic carbocycles. The fourth-order valence-corrected chi connectivity index (χ4v) is 2.12. The molecule has 0 fully saturated rings. The van der Waals surface area contributed by atoms with E-state index in [0.717, 1.165) is 18.7 Å². The number of aryl methyl sites for hydroxylation is 2. The molecule has 3 heteroatoms. The highest BCUT2D eigenvalue weighted by atomic mass is 15.2. The number of hydrogen-bond donors (Lipinski definition) is 1. The Hall–Kier alpha value is -0.830. The first kappa shape index (κ1) is 13.2. The van der Waals surface area contributed by atoms with Crippen molar-refractivity contribution in [1.82, 2.24) is 15.1 Å². The molecule has 1 heterocycles. The van der Waals surface area contributed by atoms with Gasteiger partial charge in [0, 0.05) is 31.4 Å². The molecule has 0 radical (unpaired) electrons. The van der Waals surface area contributed by atoms with Gasteiger partial charge in [-0.3, -0.25) is 4.68 Å². The normalized spacial score (nSPS) is 14.1. The lowest BCUT2D eigenvalue weighted by Gasteiger charge is -2.30. The van der Waals surface area contributed by atoms with Crippen LogP contribution in [0.3, 0.4) is 0 Å². The molecule has 1 N–H and O–H groups in total. The Balaban J connectivity index is 2.60. The highest BCUT2D eigenvalue weighted by molar-refractivity contribution is 5.15. The van der Waals surface area contributed by atoms with E-state index in [0.29, 0.717) is 11.5 Å². The van der Waals surface area contributed by atoms with Crippen molar-refractivity contribution in [2.75, 3.05) is 0 Å². The Morgan fingerprint density at radius 3 is 2.44 bits per heavy atom. The van der Waals surface area contributed by atoms with Crippen molar-refractivity contribution in [3.63, 3.8) is 0 Å². The minimum absolute atomic E-state index is 0.310. The SMILES string of the molecule is CCC(NCc1cn(C)nc1C)C(C)(C)C. The number of rotatable bonds is 4. The molecule has 1 aromatic heterocycles. The predicted molar refractivity (Wildman–Crippen MR) is 68.3 cm³/mol. The molecule has 1 atom stereocenters. The summed E-state index contributed by atoms with van der Waals surface area (Å²) in [6.07, 6.45) is 3.25. The predicted octanol–water partition coefficient (Wildman–Crippen LogP) is 2.64. The van der Waals surface area contributed by atoms with Crippen LogP contribution in [0.5, 0.6) is 0 Å². The van der Waals surface area contributed by atoms with Gasteiger partial charge in [-0.25, -0.2) is 0 Å². The fraction of sp³-hybridized carbons (Fsp3) is 0.769. The second kappa shape index (κ2) is 5.00. The third-order valence-electron chi connectivity index (χ3n) is 3.11. The van der Waals surface area contributed by atoms with E-state index in [4.69, 9.17) is 0 Å². The Morgan fingerprint density at radius 1 is 1.44 bits per heavy atom. The van der Waals surface area contributed by atoms with Crippen molar-refractivity contribution in [3.05, 3.63) is 17.5 Å². The zero-order chi connectivity index (χ0) is 12.3. The second-order valence-corrected chi connectivity index (χ2v) is 5.62. The minimum atomic E-state index is 0.310. The first-order chi connectivity index (χ1) is 7.34. The summed E-state index contributed by atoms with van der Waals surface area (Å²) in [7, 11) is 1.97. The van der Waals surface area contributed by atoms with Crippen LogP contribution in [0.1, 0.15) is 45.4 Å². The molecule has 0 amide bonds. The van der Waals surface area contributed by atoms with Crippen molar-refractivity contribution in [3.8, 4) is 0 Å². The van der Waals surface area contributed by atoms with Crippen molar-refractivity contribution >= 4 is 0 Å². The van der Waals surface area contributed by atoms with Crippen molar-refractivity contribution in [2.45, 2.75) is 53.6 Å². The van der Waals surface area contributed by atoms with Crippen LogP contribution in [0.25, 0.3) is 0 Å². The van der Waals surface area contributed by atoms with Gasteiger partial charge in [0.15, 0.2) is 0 Å². The van der Waals surface area contributed by atoms with E-state index in [2.05, 4.69) is 51.2 Å². The lowest BCUT2D eigenvalue weighted by atomic mass is 9.85. The van der Waals surface area contributed by atoms with E-state index in [1.807, 2.05) is 11.7 Å². The quantitative estimate of drug-likeness (QED) is 0.850. The summed E-state index contributed by atoms with van der Waals surface area (Å²) >= 11 is 0. The molecule has 0 saturated carbocycles. The summed E-state index contributed by atoms with van der Waals surface area (Å²) in [5, 5.41) is 7.98. The molecule has 0 aliphatic rings.